The van der Waals surface area contributed by atoms with Gasteiger partial charge in [-0.25, -0.2) is 8.78 Å². The van der Waals surface area contributed by atoms with Crippen molar-refractivity contribution in [1.82, 2.24) is 0 Å². The molecule has 0 bridgehead atoms. The lowest BCUT2D eigenvalue weighted by Gasteiger charge is -2.23. The molecule has 0 saturated heterocycles. The lowest BCUT2D eigenvalue weighted by molar-refractivity contribution is -0.159. The maximum absolute atomic E-state index is 13.4. The van der Waals surface area contributed by atoms with Crippen molar-refractivity contribution in [3.05, 3.63) is 46.5 Å². The molecule has 0 fully saturated rings. The van der Waals surface area contributed by atoms with Gasteiger partial charge in [0.25, 0.3) is 6.43 Å². The molecule has 1 aromatic carbocycles. The fourth-order valence-corrected chi connectivity index (χ4v) is 2.65. The van der Waals surface area contributed by atoms with Crippen LogP contribution in [0.25, 0.3) is 0 Å². The van der Waals surface area contributed by atoms with Crippen LogP contribution in [0.1, 0.15) is 15.9 Å². The van der Waals surface area contributed by atoms with Gasteiger partial charge in [0.05, 0.1) is 0 Å². The van der Waals surface area contributed by atoms with Crippen molar-refractivity contribution in [2.45, 2.75) is 12.8 Å². The van der Waals surface area contributed by atoms with Gasteiger partial charge in [0, 0.05) is 16.5 Å². The van der Waals surface area contributed by atoms with E-state index in [1.54, 1.807) is 12.1 Å². The minimum absolute atomic E-state index is 0.143. The first-order valence-electron chi connectivity index (χ1n) is 5.83. The number of rotatable bonds is 4. The van der Waals surface area contributed by atoms with Crippen LogP contribution in [0.4, 0.5) is 8.78 Å². The van der Waals surface area contributed by atoms with Crippen molar-refractivity contribution in [3.8, 4) is 0 Å². The summed E-state index contributed by atoms with van der Waals surface area (Å²) in [6.07, 6.45) is -2.22. The third kappa shape index (κ3) is 2.18. The Morgan fingerprint density at radius 1 is 1.55 bits per heavy atom. The predicted octanol–water partition coefficient (Wildman–Crippen LogP) is 3.17. The van der Waals surface area contributed by atoms with Gasteiger partial charge in [-0.15, -0.1) is 0 Å². The number of ketones is 1. The summed E-state index contributed by atoms with van der Waals surface area (Å²) in [5, 5.41) is 0. The van der Waals surface area contributed by atoms with Crippen molar-refractivity contribution in [2.24, 2.45) is 5.41 Å². The number of hydrogen-bond acceptors (Lipinski definition) is 3. The molecule has 0 aromatic heterocycles. The molecule has 1 aliphatic rings. The Bertz CT molecular complexity index is 586. The first-order chi connectivity index (χ1) is 9.43. The average Bonchev–Trinajstić information content (AvgIpc) is 2.69. The van der Waals surface area contributed by atoms with Crippen molar-refractivity contribution >= 4 is 27.7 Å². The van der Waals surface area contributed by atoms with Gasteiger partial charge in [-0.05, 0) is 23.8 Å². The Labute approximate surface area is 122 Å². The molecular formula is C14H11BrF2O3. The normalized spacial score (nSPS) is 20.9. The van der Waals surface area contributed by atoms with Crippen LogP contribution >= 0.6 is 15.9 Å². The van der Waals surface area contributed by atoms with E-state index in [0.29, 0.717) is 10.0 Å². The number of halogens is 3. The maximum atomic E-state index is 13.4. The molecule has 0 saturated carbocycles. The van der Waals surface area contributed by atoms with E-state index in [-0.39, 0.29) is 18.6 Å². The third-order valence-corrected chi connectivity index (χ3v) is 3.75. The van der Waals surface area contributed by atoms with E-state index in [4.69, 9.17) is 4.74 Å². The highest BCUT2D eigenvalue weighted by Gasteiger charge is 2.59. The van der Waals surface area contributed by atoms with Crippen molar-refractivity contribution < 1.29 is 23.1 Å². The van der Waals surface area contributed by atoms with Crippen LogP contribution in [0, 0.1) is 5.41 Å². The van der Waals surface area contributed by atoms with Crippen molar-refractivity contribution in [3.63, 3.8) is 0 Å². The first-order valence-corrected chi connectivity index (χ1v) is 6.62. The minimum Gasteiger partial charge on any atom is -0.461 e. The summed E-state index contributed by atoms with van der Waals surface area (Å²) in [6.45, 7) is 3.13. The van der Waals surface area contributed by atoms with Gasteiger partial charge in [-0.1, -0.05) is 28.6 Å². The predicted molar refractivity (Wildman–Crippen MR) is 71.8 cm³/mol. The molecule has 1 aliphatic carbocycles. The van der Waals surface area contributed by atoms with Gasteiger partial charge in [0.2, 0.25) is 0 Å². The van der Waals surface area contributed by atoms with Gasteiger partial charge in [0.15, 0.2) is 11.2 Å². The number of ether oxygens (including phenoxy) is 1. The summed E-state index contributed by atoms with van der Waals surface area (Å²) in [6, 6.07) is 4.58. The van der Waals surface area contributed by atoms with Gasteiger partial charge >= 0.3 is 5.97 Å². The van der Waals surface area contributed by atoms with Gasteiger partial charge in [-0.2, -0.15) is 0 Å². The van der Waals surface area contributed by atoms with Crippen molar-refractivity contribution in [2.75, 3.05) is 6.61 Å². The number of alkyl halides is 2. The molecule has 106 valence electrons. The second-order valence-electron chi connectivity index (χ2n) is 4.47. The summed E-state index contributed by atoms with van der Waals surface area (Å²) in [4.78, 5) is 24.2. The summed E-state index contributed by atoms with van der Waals surface area (Å²) in [5.74, 6) is -2.09. The number of fused-ring (bicyclic) bond motifs is 1. The van der Waals surface area contributed by atoms with Gasteiger partial charge in [0.1, 0.15) is 6.61 Å². The zero-order valence-electron chi connectivity index (χ0n) is 10.4. The second-order valence-corrected chi connectivity index (χ2v) is 5.38. The molecule has 6 heteroatoms. The van der Waals surface area contributed by atoms with E-state index >= 15 is 0 Å². The Hall–Kier alpha value is -1.56. The van der Waals surface area contributed by atoms with E-state index in [9.17, 15) is 18.4 Å². The van der Waals surface area contributed by atoms with Crippen LogP contribution < -0.4 is 0 Å². The molecule has 0 N–H and O–H groups in total. The minimum atomic E-state index is -3.13. The SMILES string of the molecule is C=CCOC(=O)C1(C(F)F)Cc2cc(Br)ccc2C1=O. The summed E-state index contributed by atoms with van der Waals surface area (Å²) < 4.78 is 32.2. The fourth-order valence-electron chi connectivity index (χ4n) is 2.24. The standard InChI is InChI=1S/C14H11BrF2O3/c1-2-5-20-13(19)14(12(16)17)7-8-6-9(15)3-4-10(8)11(14)18/h2-4,6,12H,1,5,7H2. The monoisotopic (exact) mass is 344 g/mol. The lowest BCUT2D eigenvalue weighted by atomic mass is 9.84. The van der Waals surface area contributed by atoms with E-state index in [1.807, 2.05) is 0 Å². The van der Waals surface area contributed by atoms with Crippen LogP contribution in [-0.2, 0) is 16.0 Å². The Morgan fingerprint density at radius 2 is 2.25 bits per heavy atom. The largest absolute Gasteiger partial charge is 0.461 e. The molecule has 0 heterocycles. The summed E-state index contributed by atoms with van der Waals surface area (Å²) in [5.41, 5.74) is -1.88. The quantitative estimate of drug-likeness (QED) is 0.478. The maximum Gasteiger partial charge on any atom is 0.326 e. The lowest BCUT2D eigenvalue weighted by Crippen LogP contribution is -2.45. The van der Waals surface area contributed by atoms with Crippen molar-refractivity contribution in [1.29, 1.82) is 0 Å². The highest BCUT2D eigenvalue weighted by Crippen LogP contribution is 2.43. The van der Waals surface area contributed by atoms with E-state index < -0.39 is 23.6 Å². The molecule has 1 unspecified atom stereocenters. The smallest absolute Gasteiger partial charge is 0.326 e. The van der Waals surface area contributed by atoms with Crippen LogP contribution in [-0.4, -0.2) is 24.8 Å². The molecular weight excluding hydrogens is 334 g/mol. The van der Waals surface area contributed by atoms with Crippen LogP contribution in [0.5, 0.6) is 0 Å². The zero-order valence-corrected chi connectivity index (χ0v) is 12.0. The molecule has 1 aromatic rings. The highest BCUT2D eigenvalue weighted by atomic mass is 79.9. The second kappa shape index (κ2) is 5.44. The number of Topliss-reactive ketones (excluding diaryl/α,β-unsaturated/α-hetero) is 1. The third-order valence-electron chi connectivity index (χ3n) is 3.26. The molecule has 3 nitrogen and oxygen atoms in total. The summed E-state index contributed by atoms with van der Waals surface area (Å²) >= 11 is 3.21. The van der Waals surface area contributed by atoms with Crippen LogP contribution in [0.3, 0.4) is 0 Å². The molecule has 0 spiro atoms. The molecule has 0 amide bonds. The number of hydrogen-bond donors (Lipinski definition) is 0. The highest BCUT2D eigenvalue weighted by molar-refractivity contribution is 9.10. The van der Waals surface area contributed by atoms with Gasteiger partial charge in [-0.3, -0.25) is 9.59 Å². The molecule has 20 heavy (non-hydrogen) atoms. The van der Waals surface area contributed by atoms with E-state index in [2.05, 4.69) is 22.5 Å². The molecule has 0 aliphatic heterocycles. The Morgan fingerprint density at radius 3 is 2.85 bits per heavy atom. The topological polar surface area (TPSA) is 43.4 Å². The molecule has 1 atom stereocenters. The van der Waals surface area contributed by atoms with Crippen LogP contribution in [0.2, 0.25) is 0 Å². The van der Waals surface area contributed by atoms with E-state index in [0.717, 1.165) is 0 Å². The Kier molecular flexibility index (Phi) is 4.04. The number of carbonyl (C=O) groups is 2. The average molecular weight is 345 g/mol. The fraction of sp³-hybridized carbons (Fsp3) is 0.286. The molecule has 2 rings (SSSR count). The Balaban J connectivity index is 2.44. The first kappa shape index (κ1) is 14.8. The number of esters is 1. The van der Waals surface area contributed by atoms with E-state index in [1.165, 1.54) is 12.1 Å². The molecule has 0 radical (unpaired) electrons. The van der Waals surface area contributed by atoms with Crippen LogP contribution in [0.15, 0.2) is 35.3 Å². The summed E-state index contributed by atoms with van der Waals surface area (Å²) in [7, 11) is 0. The van der Waals surface area contributed by atoms with Gasteiger partial charge < -0.3 is 4.74 Å². The zero-order chi connectivity index (χ0) is 14.9. The number of benzene rings is 1. The number of carbonyl (C=O) groups excluding carboxylic acids is 2.